The van der Waals surface area contributed by atoms with Crippen LogP contribution < -0.4 is 0 Å². The SMILES string of the molecule is C=Cc1ccc(C[N+](C)(C)CCCCCCCCCCCCCCCC)cc1. The monoisotopic (exact) mass is 386 g/mol. The van der Waals surface area contributed by atoms with Crippen molar-refractivity contribution in [2.24, 2.45) is 0 Å². The fourth-order valence-electron chi connectivity index (χ4n) is 4.07. The van der Waals surface area contributed by atoms with Gasteiger partial charge in [0.15, 0.2) is 0 Å². The molecule has 1 aromatic carbocycles. The van der Waals surface area contributed by atoms with Crippen molar-refractivity contribution in [3.63, 3.8) is 0 Å². The third kappa shape index (κ3) is 13.2. The van der Waals surface area contributed by atoms with Gasteiger partial charge in [0, 0.05) is 5.56 Å². The highest BCUT2D eigenvalue weighted by atomic mass is 15.3. The highest BCUT2D eigenvalue weighted by molar-refractivity contribution is 5.47. The van der Waals surface area contributed by atoms with Crippen molar-refractivity contribution in [2.45, 2.75) is 103 Å². The van der Waals surface area contributed by atoms with Crippen molar-refractivity contribution in [3.05, 3.63) is 42.0 Å². The molecule has 0 atom stereocenters. The zero-order valence-corrected chi connectivity index (χ0v) is 19.4. The third-order valence-corrected chi connectivity index (χ3v) is 5.94. The van der Waals surface area contributed by atoms with Gasteiger partial charge in [0.25, 0.3) is 0 Å². The van der Waals surface area contributed by atoms with Crippen molar-refractivity contribution in [1.82, 2.24) is 0 Å². The Balaban J connectivity index is 1.95. The predicted molar refractivity (Wildman–Crippen MR) is 128 cm³/mol. The van der Waals surface area contributed by atoms with E-state index in [4.69, 9.17) is 0 Å². The van der Waals surface area contributed by atoms with Crippen LogP contribution in [0.5, 0.6) is 0 Å². The van der Waals surface area contributed by atoms with E-state index in [0.717, 1.165) is 11.0 Å². The molecule has 160 valence electrons. The van der Waals surface area contributed by atoms with Crippen LogP contribution in [0.25, 0.3) is 6.08 Å². The van der Waals surface area contributed by atoms with Gasteiger partial charge < -0.3 is 4.48 Å². The summed E-state index contributed by atoms with van der Waals surface area (Å²) in [4.78, 5) is 0. The summed E-state index contributed by atoms with van der Waals surface area (Å²) in [6.45, 7) is 8.53. The van der Waals surface area contributed by atoms with Crippen LogP contribution in [0.15, 0.2) is 30.8 Å². The number of unbranched alkanes of at least 4 members (excludes halogenated alkanes) is 13. The molecule has 0 unspecified atom stereocenters. The minimum atomic E-state index is 1.09. The number of rotatable bonds is 18. The van der Waals surface area contributed by atoms with Crippen molar-refractivity contribution in [2.75, 3.05) is 20.6 Å². The first-order valence-electron chi connectivity index (χ1n) is 12.1. The van der Waals surface area contributed by atoms with Gasteiger partial charge in [0.2, 0.25) is 0 Å². The summed E-state index contributed by atoms with van der Waals surface area (Å²) in [7, 11) is 4.73. The molecule has 0 aromatic heterocycles. The van der Waals surface area contributed by atoms with Gasteiger partial charge in [-0.05, 0) is 18.4 Å². The topological polar surface area (TPSA) is 0 Å². The first kappa shape index (κ1) is 25.0. The van der Waals surface area contributed by atoms with Crippen LogP contribution in [0.4, 0.5) is 0 Å². The zero-order valence-electron chi connectivity index (χ0n) is 19.4. The first-order chi connectivity index (χ1) is 13.6. The lowest BCUT2D eigenvalue weighted by atomic mass is 10.0. The lowest BCUT2D eigenvalue weighted by Crippen LogP contribution is -2.39. The number of quaternary nitrogens is 1. The van der Waals surface area contributed by atoms with Crippen molar-refractivity contribution >= 4 is 6.08 Å². The molecule has 1 nitrogen and oxygen atoms in total. The number of hydrogen-bond acceptors (Lipinski definition) is 0. The van der Waals surface area contributed by atoms with Crippen LogP contribution in [-0.2, 0) is 6.54 Å². The molecule has 0 bridgehead atoms. The van der Waals surface area contributed by atoms with Crippen molar-refractivity contribution in [3.8, 4) is 0 Å². The van der Waals surface area contributed by atoms with Gasteiger partial charge in [-0.15, -0.1) is 0 Å². The van der Waals surface area contributed by atoms with Crippen LogP contribution in [-0.4, -0.2) is 25.1 Å². The molecule has 1 rings (SSSR count). The molecule has 0 amide bonds. The molecule has 28 heavy (non-hydrogen) atoms. The van der Waals surface area contributed by atoms with Crippen molar-refractivity contribution < 1.29 is 4.48 Å². The second-order valence-electron chi connectivity index (χ2n) is 9.36. The van der Waals surface area contributed by atoms with E-state index in [9.17, 15) is 0 Å². The average molecular weight is 387 g/mol. The summed E-state index contributed by atoms with van der Waals surface area (Å²) in [5, 5.41) is 0. The van der Waals surface area contributed by atoms with Gasteiger partial charge in [0.05, 0.1) is 20.6 Å². The Hall–Kier alpha value is -1.08. The highest BCUT2D eigenvalue weighted by Crippen LogP contribution is 2.15. The molecule has 0 fully saturated rings. The molecule has 1 heteroatoms. The van der Waals surface area contributed by atoms with E-state index in [2.05, 4.69) is 51.9 Å². The van der Waals surface area contributed by atoms with E-state index in [1.807, 2.05) is 6.08 Å². The molecule has 1 aromatic rings. The van der Waals surface area contributed by atoms with E-state index in [-0.39, 0.29) is 0 Å². The first-order valence-corrected chi connectivity index (χ1v) is 12.1. The summed E-state index contributed by atoms with van der Waals surface area (Å²) >= 11 is 0. The Bertz CT molecular complexity index is 485. The maximum Gasteiger partial charge on any atom is 0.104 e. The Kier molecular flexibility index (Phi) is 14.1. The molecule has 0 aliphatic rings. The van der Waals surface area contributed by atoms with Crippen LogP contribution in [0.1, 0.15) is 108 Å². The fourth-order valence-corrected chi connectivity index (χ4v) is 4.07. The van der Waals surface area contributed by atoms with Crippen LogP contribution in [0, 0.1) is 0 Å². The van der Waals surface area contributed by atoms with E-state index in [1.54, 1.807) is 0 Å². The maximum absolute atomic E-state index is 3.83. The molecule has 0 heterocycles. The van der Waals surface area contributed by atoms with Crippen LogP contribution in [0.3, 0.4) is 0 Å². The van der Waals surface area contributed by atoms with Gasteiger partial charge >= 0.3 is 0 Å². The maximum atomic E-state index is 3.83. The summed E-state index contributed by atoms with van der Waals surface area (Å²) in [5.74, 6) is 0. The minimum Gasteiger partial charge on any atom is -0.325 e. The smallest absolute Gasteiger partial charge is 0.104 e. The van der Waals surface area contributed by atoms with E-state index in [1.165, 1.54) is 108 Å². The zero-order chi connectivity index (χ0) is 20.5. The molecule has 0 spiro atoms. The number of nitrogens with zero attached hydrogens (tertiary/aromatic N) is 1. The lowest BCUT2D eigenvalue weighted by Gasteiger charge is -2.30. The normalized spacial score (nSPS) is 11.7. The molecule has 0 radical (unpaired) electrons. The van der Waals surface area contributed by atoms with Gasteiger partial charge in [0.1, 0.15) is 6.54 Å². The van der Waals surface area contributed by atoms with Gasteiger partial charge in [-0.2, -0.15) is 0 Å². The largest absolute Gasteiger partial charge is 0.325 e. The molecular weight excluding hydrogens is 338 g/mol. The van der Waals surface area contributed by atoms with E-state index in [0.29, 0.717) is 0 Å². The van der Waals surface area contributed by atoms with Gasteiger partial charge in [-0.1, -0.05) is 121 Å². The summed E-state index contributed by atoms with van der Waals surface area (Å²) in [6.07, 6.45) is 22.0. The predicted octanol–water partition coefficient (Wildman–Crippen LogP) is 8.39. The second-order valence-corrected chi connectivity index (χ2v) is 9.36. The van der Waals surface area contributed by atoms with E-state index < -0.39 is 0 Å². The number of benzene rings is 1. The highest BCUT2D eigenvalue weighted by Gasteiger charge is 2.15. The van der Waals surface area contributed by atoms with Crippen LogP contribution in [0.2, 0.25) is 0 Å². The standard InChI is InChI=1S/C27H48N/c1-5-7-8-9-10-11-12-13-14-15-16-17-18-19-24-28(3,4)25-27-22-20-26(6-2)21-23-27/h6,20-23H,2,5,7-19,24-25H2,1,3-4H3/q+1. The molecule has 0 saturated carbocycles. The summed E-state index contributed by atoms with van der Waals surface area (Å²) in [6, 6.07) is 8.86. The summed E-state index contributed by atoms with van der Waals surface area (Å²) in [5.41, 5.74) is 2.64. The lowest BCUT2D eigenvalue weighted by molar-refractivity contribution is -0.903. The molecule has 0 aliphatic heterocycles. The third-order valence-electron chi connectivity index (χ3n) is 5.94. The minimum absolute atomic E-state index is 1.09. The summed E-state index contributed by atoms with van der Waals surface area (Å²) < 4.78 is 1.09. The second kappa shape index (κ2) is 15.8. The molecule has 0 N–H and O–H groups in total. The average Bonchev–Trinajstić information content (AvgIpc) is 2.68. The van der Waals surface area contributed by atoms with Gasteiger partial charge in [-0.25, -0.2) is 0 Å². The number of hydrogen-bond donors (Lipinski definition) is 0. The van der Waals surface area contributed by atoms with Gasteiger partial charge in [-0.3, -0.25) is 0 Å². The Labute approximate surface area is 176 Å². The quantitative estimate of drug-likeness (QED) is 0.175. The van der Waals surface area contributed by atoms with Crippen molar-refractivity contribution in [1.29, 1.82) is 0 Å². The molecular formula is C27H48N+. The molecule has 0 aliphatic carbocycles. The van der Waals surface area contributed by atoms with Crippen LogP contribution >= 0.6 is 0 Å². The Morgan fingerprint density at radius 1 is 0.679 bits per heavy atom. The Morgan fingerprint density at radius 3 is 1.54 bits per heavy atom. The van der Waals surface area contributed by atoms with E-state index >= 15 is 0 Å². The fraction of sp³-hybridized carbons (Fsp3) is 0.704. The molecule has 0 saturated heterocycles. The Morgan fingerprint density at radius 2 is 1.11 bits per heavy atom.